The number of hydrogen-bond donors (Lipinski definition) is 2. The first-order valence-electron chi connectivity index (χ1n) is 6.17. The Bertz CT molecular complexity index is 562. The van der Waals surface area contributed by atoms with Crippen molar-refractivity contribution in [2.24, 2.45) is 5.84 Å². The summed E-state index contributed by atoms with van der Waals surface area (Å²) >= 11 is 0. The average Bonchev–Trinajstić information content (AvgIpc) is 2.45. The third-order valence-corrected chi connectivity index (χ3v) is 2.37. The first-order chi connectivity index (χ1) is 9.61. The minimum Gasteiger partial charge on any atom is -0.433 e. The van der Waals surface area contributed by atoms with Crippen LogP contribution in [0.3, 0.4) is 0 Å². The van der Waals surface area contributed by atoms with E-state index >= 15 is 0 Å². The van der Waals surface area contributed by atoms with Crippen LogP contribution >= 0.6 is 12.4 Å². The molecule has 1 aromatic carbocycles. The van der Waals surface area contributed by atoms with Crippen molar-refractivity contribution in [2.75, 3.05) is 5.43 Å². The van der Waals surface area contributed by atoms with E-state index in [0.717, 1.165) is 17.7 Å². The minimum atomic E-state index is -0.782. The summed E-state index contributed by atoms with van der Waals surface area (Å²) < 4.78 is 31.8. The molecule has 0 aliphatic heterocycles. The van der Waals surface area contributed by atoms with Crippen LogP contribution in [0.1, 0.15) is 19.4 Å². The van der Waals surface area contributed by atoms with Crippen molar-refractivity contribution < 1.29 is 13.5 Å². The largest absolute Gasteiger partial charge is 0.433 e. The number of benzene rings is 1. The fourth-order valence-corrected chi connectivity index (χ4v) is 1.42. The van der Waals surface area contributed by atoms with Gasteiger partial charge in [-0.25, -0.2) is 13.8 Å². The van der Waals surface area contributed by atoms with Crippen molar-refractivity contribution in [3.8, 4) is 11.6 Å². The number of rotatable bonds is 3. The smallest absolute Gasteiger partial charge is 0.219 e. The molecule has 0 saturated heterocycles. The van der Waals surface area contributed by atoms with Crippen molar-refractivity contribution >= 4 is 18.1 Å². The fourth-order valence-electron chi connectivity index (χ4n) is 1.42. The van der Waals surface area contributed by atoms with E-state index in [-0.39, 0.29) is 18.3 Å². The number of hydrogen-bond acceptors (Lipinski definition) is 4. The van der Waals surface area contributed by atoms with Crippen molar-refractivity contribution in [1.29, 1.82) is 0 Å². The summed E-state index contributed by atoms with van der Waals surface area (Å²) in [5.41, 5.74) is 3.80. The fraction of sp³-hybridized carbons (Fsp3) is 0.214. The van der Waals surface area contributed by atoms with Crippen molar-refractivity contribution in [3.63, 3.8) is 0 Å². The van der Waals surface area contributed by atoms with E-state index in [1.807, 2.05) is 13.8 Å². The Balaban J connectivity index is 0.00000128. The Morgan fingerprint density at radius 3 is 2.24 bits per heavy atom. The van der Waals surface area contributed by atoms with Gasteiger partial charge in [0.25, 0.3) is 0 Å². The molecule has 2 rings (SSSR count). The quantitative estimate of drug-likeness (QED) is 0.658. The Morgan fingerprint density at radius 1 is 1.19 bits per heavy atom. The Kier molecular flexibility index (Phi) is 8.26. The molecule has 116 valence electrons. The standard InChI is InChI=1S/C12H11F2N3O.C2H6.ClH/c1-7-5-11(16-6-10(7)17-15)18-12-8(13)3-2-4-9(12)14;1-2;/h2-6,17H,15H2,1H3;1-2H3;1H. The zero-order valence-corrected chi connectivity index (χ0v) is 12.8. The molecule has 1 heterocycles. The van der Waals surface area contributed by atoms with Gasteiger partial charge in [-0.2, -0.15) is 0 Å². The number of halogens is 3. The number of hydrazine groups is 1. The maximum atomic E-state index is 13.4. The lowest BCUT2D eigenvalue weighted by atomic mass is 10.2. The lowest BCUT2D eigenvalue weighted by Crippen LogP contribution is -2.08. The molecule has 0 aliphatic carbocycles. The van der Waals surface area contributed by atoms with E-state index < -0.39 is 17.4 Å². The highest BCUT2D eigenvalue weighted by molar-refractivity contribution is 5.85. The van der Waals surface area contributed by atoms with E-state index in [4.69, 9.17) is 10.6 Å². The molecule has 0 saturated carbocycles. The normalized spacial score (nSPS) is 9.05. The molecule has 0 unspecified atom stereocenters. The minimum absolute atomic E-state index is 0. The van der Waals surface area contributed by atoms with Crippen LogP contribution in [-0.2, 0) is 0 Å². The molecule has 0 radical (unpaired) electrons. The van der Waals surface area contributed by atoms with Gasteiger partial charge < -0.3 is 10.2 Å². The predicted molar refractivity (Wildman–Crippen MR) is 81.8 cm³/mol. The summed E-state index contributed by atoms with van der Waals surface area (Å²) in [6.07, 6.45) is 1.42. The third-order valence-electron chi connectivity index (χ3n) is 2.37. The molecule has 21 heavy (non-hydrogen) atoms. The van der Waals surface area contributed by atoms with Gasteiger partial charge >= 0.3 is 0 Å². The first-order valence-corrected chi connectivity index (χ1v) is 6.17. The maximum Gasteiger partial charge on any atom is 0.219 e. The SMILES string of the molecule is CC.Cc1cc(Oc2c(F)cccc2F)ncc1NN.Cl. The molecular formula is C14H18ClF2N3O. The number of para-hydroxylation sites is 1. The van der Waals surface area contributed by atoms with E-state index in [2.05, 4.69) is 10.4 Å². The monoisotopic (exact) mass is 317 g/mol. The summed E-state index contributed by atoms with van der Waals surface area (Å²) in [7, 11) is 0. The van der Waals surface area contributed by atoms with Crippen LogP contribution in [0, 0.1) is 18.6 Å². The van der Waals surface area contributed by atoms with Crippen molar-refractivity contribution in [3.05, 3.63) is 47.7 Å². The summed E-state index contributed by atoms with van der Waals surface area (Å²) in [4.78, 5) is 3.89. The van der Waals surface area contributed by atoms with Crippen LogP contribution in [0.2, 0.25) is 0 Å². The van der Waals surface area contributed by atoms with E-state index in [9.17, 15) is 8.78 Å². The summed E-state index contributed by atoms with van der Waals surface area (Å²) in [5.74, 6) is 3.31. The Labute approximate surface area is 128 Å². The van der Waals surface area contributed by atoms with Gasteiger partial charge in [-0.3, -0.25) is 5.84 Å². The summed E-state index contributed by atoms with van der Waals surface area (Å²) in [6, 6.07) is 5.01. The van der Waals surface area contributed by atoms with E-state index in [1.165, 1.54) is 18.3 Å². The molecule has 3 N–H and O–H groups in total. The van der Waals surface area contributed by atoms with E-state index in [1.54, 1.807) is 6.92 Å². The highest BCUT2D eigenvalue weighted by atomic mass is 35.5. The van der Waals surface area contributed by atoms with Crippen LogP contribution in [0.25, 0.3) is 0 Å². The summed E-state index contributed by atoms with van der Waals surface area (Å²) in [5, 5.41) is 0. The molecule has 2 aromatic rings. The van der Waals surface area contributed by atoms with Gasteiger partial charge in [0, 0.05) is 6.07 Å². The second-order valence-electron chi connectivity index (χ2n) is 3.63. The zero-order valence-electron chi connectivity index (χ0n) is 12.0. The molecule has 0 amide bonds. The lowest BCUT2D eigenvalue weighted by Gasteiger charge is -2.09. The van der Waals surface area contributed by atoms with Crippen molar-refractivity contribution in [2.45, 2.75) is 20.8 Å². The van der Waals surface area contributed by atoms with Gasteiger partial charge in [0.15, 0.2) is 11.6 Å². The molecule has 0 fully saturated rings. The molecule has 7 heteroatoms. The molecule has 0 bridgehead atoms. The first kappa shape index (κ1) is 19.1. The number of aromatic nitrogens is 1. The molecule has 0 aliphatic rings. The Hall–Kier alpha value is -1.92. The molecule has 4 nitrogen and oxygen atoms in total. The van der Waals surface area contributed by atoms with Crippen molar-refractivity contribution in [1.82, 2.24) is 4.98 Å². The van der Waals surface area contributed by atoms with Gasteiger partial charge in [0.05, 0.1) is 11.9 Å². The highest BCUT2D eigenvalue weighted by Gasteiger charge is 2.12. The number of anilines is 1. The molecule has 1 aromatic heterocycles. The van der Waals surface area contributed by atoms with Crippen LogP contribution in [0.4, 0.5) is 14.5 Å². The number of nitrogens with zero attached hydrogens (tertiary/aromatic N) is 1. The molecule has 0 atom stereocenters. The summed E-state index contributed by atoms with van der Waals surface area (Å²) in [6.45, 7) is 5.77. The molecular weight excluding hydrogens is 300 g/mol. The number of nitrogens with one attached hydrogen (secondary N) is 1. The second kappa shape index (κ2) is 9.10. The van der Waals surface area contributed by atoms with Crippen LogP contribution < -0.4 is 16.0 Å². The van der Waals surface area contributed by atoms with Gasteiger partial charge in [0.2, 0.25) is 11.6 Å². The van der Waals surface area contributed by atoms with Gasteiger partial charge in [-0.15, -0.1) is 12.4 Å². The number of aryl methyl sites for hydroxylation is 1. The number of ether oxygens (including phenoxy) is 1. The van der Waals surface area contributed by atoms with E-state index in [0.29, 0.717) is 5.69 Å². The third kappa shape index (κ3) is 4.84. The zero-order chi connectivity index (χ0) is 15.1. The average molecular weight is 318 g/mol. The lowest BCUT2D eigenvalue weighted by molar-refractivity contribution is 0.395. The topological polar surface area (TPSA) is 60.2 Å². The van der Waals surface area contributed by atoms with Gasteiger partial charge in [-0.05, 0) is 24.6 Å². The van der Waals surface area contributed by atoms with Crippen LogP contribution in [0.15, 0.2) is 30.5 Å². The molecule has 0 spiro atoms. The highest BCUT2D eigenvalue weighted by Crippen LogP contribution is 2.27. The number of pyridine rings is 1. The van der Waals surface area contributed by atoms with Gasteiger partial charge in [0.1, 0.15) is 0 Å². The van der Waals surface area contributed by atoms with Crippen LogP contribution in [0.5, 0.6) is 11.6 Å². The van der Waals surface area contributed by atoms with Gasteiger partial charge in [-0.1, -0.05) is 19.9 Å². The maximum absolute atomic E-state index is 13.4. The number of nitrogen functional groups attached to an aromatic ring is 1. The second-order valence-corrected chi connectivity index (χ2v) is 3.63. The van der Waals surface area contributed by atoms with Crippen LogP contribution in [-0.4, -0.2) is 4.98 Å². The Morgan fingerprint density at radius 2 is 1.76 bits per heavy atom. The predicted octanol–water partition coefficient (Wildman–Crippen LogP) is 4.19. The number of nitrogens with two attached hydrogens (primary N) is 1.